The second-order valence-electron chi connectivity index (χ2n) is 17.0. The van der Waals surface area contributed by atoms with Gasteiger partial charge in [0.05, 0.1) is 36.4 Å². The van der Waals surface area contributed by atoms with Crippen molar-refractivity contribution in [3.8, 4) is 0 Å². The Morgan fingerprint density at radius 2 is 1.74 bits per heavy atom. The van der Waals surface area contributed by atoms with Crippen LogP contribution < -0.4 is 0 Å². The van der Waals surface area contributed by atoms with Gasteiger partial charge in [0.25, 0.3) is 0 Å². The van der Waals surface area contributed by atoms with E-state index in [2.05, 4.69) is 4.90 Å². The number of rotatable bonds is 11. The maximum Gasteiger partial charge on any atom is 0.490 e. The van der Waals surface area contributed by atoms with Crippen LogP contribution in [0.1, 0.15) is 112 Å². The number of nitrogens with zero attached hydrogens (tertiary/aromatic N) is 2. The summed E-state index contributed by atoms with van der Waals surface area (Å²) >= 11 is 0. The van der Waals surface area contributed by atoms with Crippen molar-refractivity contribution in [3.63, 3.8) is 0 Å². The lowest BCUT2D eigenvalue weighted by Gasteiger charge is -2.40. The second-order valence-corrected chi connectivity index (χ2v) is 17.0. The number of epoxide rings is 1. The Balaban J connectivity index is 1.54. The molecule has 0 bridgehead atoms. The van der Waals surface area contributed by atoms with Gasteiger partial charge in [-0.2, -0.15) is 13.2 Å². The Labute approximate surface area is 335 Å². The van der Waals surface area contributed by atoms with Gasteiger partial charge in [-0.25, -0.2) is 9.59 Å². The molecule has 15 heteroatoms. The van der Waals surface area contributed by atoms with Crippen molar-refractivity contribution in [2.75, 3.05) is 26.2 Å². The molecule has 0 spiro atoms. The van der Waals surface area contributed by atoms with Gasteiger partial charge in [-0.15, -0.1) is 0 Å². The van der Waals surface area contributed by atoms with Crippen molar-refractivity contribution in [3.05, 3.63) is 36.0 Å². The maximum atomic E-state index is 13.7. The van der Waals surface area contributed by atoms with Crippen molar-refractivity contribution in [2.45, 2.75) is 172 Å². The van der Waals surface area contributed by atoms with Crippen LogP contribution in [0.2, 0.25) is 0 Å². The van der Waals surface area contributed by atoms with Crippen LogP contribution in [0.25, 0.3) is 0 Å². The van der Waals surface area contributed by atoms with Crippen LogP contribution in [0.15, 0.2) is 36.0 Å². The minimum atomic E-state index is -5.34. The average molecular weight is 815 g/mol. The Kier molecular flexibility index (Phi) is 16.7. The highest BCUT2D eigenvalue weighted by Gasteiger charge is 2.50. The fraction of sp³-hybridized carbons (Fsp3) is 0.786. The van der Waals surface area contributed by atoms with E-state index in [1.807, 2.05) is 13.8 Å². The number of hydrogen-bond donors (Lipinski definition) is 3. The Hall–Kier alpha value is -2.98. The average Bonchev–Trinajstić information content (AvgIpc) is 3.96. The highest BCUT2D eigenvalue weighted by Crippen LogP contribution is 2.38. The lowest BCUT2D eigenvalue weighted by Crippen LogP contribution is -2.54. The molecule has 3 heterocycles. The van der Waals surface area contributed by atoms with Crippen molar-refractivity contribution in [1.82, 2.24) is 9.80 Å². The minimum absolute atomic E-state index is 0.0743. The van der Waals surface area contributed by atoms with Gasteiger partial charge in [0.15, 0.2) is 11.7 Å². The minimum Gasteiger partial charge on any atom is -0.457 e. The van der Waals surface area contributed by atoms with Gasteiger partial charge < -0.3 is 39.2 Å². The summed E-state index contributed by atoms with van der Waals surface area (Å²) in [5, 5.41) is 32.1. The molecule has 0 aromatic heterocycles. The highest BCUT2D eigenvalue weighted by atomic mass is 19.4. The quantitative estimate of drug-likeness (QED) is 0.0548. The van der Waals surface area contributed by atoms with Crippen LogP contribution in [0.5, 0.6) is 0 Å². The zero-order valence-electron chi connectivity index (χ0n) is 34.4. The van der Waals surface area contributed by atoms with Gasteiger partial charge in [-0.1, -0.05) is 70.8 Å². The number of piperazine rings is 1. The topological polar surface area (TPSA) is 159 Å². The Bertz CT molecular complexity index is 1440. The van der Waals surface area contributed by atoms with Crippen molar-refractivity contribution in [2.24, 2.45) is 11.8 Å². The second kappa shape index (κ2) is 20.3. The van der Waals surface area contributed by atoms with E-state index in [4.69, 9.17) is 18.9 Å². The first-order valence-corrected chi connectivity index (χ1v) is 20.7. The Morgan fingerprint density at radius 1 is 1.09 bits per heavy atom. The van der Waals surface area contributed by atoms with E-state index < -0.39 is 72.2 Å². The molecule has 1 aliphatic carbocycles. The molecule has 12 nitrogen and oxygen atoms in total. The van der Waals surface area contributed by atoms with E-state index in [1.54, 1.807) is 45.1 Å². The summed E-state index contributed by atoms with van der Waals surface area (Å²) < 4.78 is 63.4. The third kappa shape index (κ3) is 13.8. The third-order valence-corrected chi connectivity index (χ3v) is 12.0. The molecule has 57 heavy (non-hydrogen) atoms. The molecule has 4 aliphatic rings. The monoisotopic (exact) mass is 814 g/mol. The predicted molar refractivity (Wildman–Crippen MR) is 206 cm³/mol. The largest absolute Gasteiger partial charge is 0.490 e. The number of amides is 1. The first-order valence-electron chi connectivity index (χ1n) is 20.7. The Morgan fingerprint density at radius 3 is 2.35 bits per heavy atom. The van der Waals surface area contributed by atoms with Gasteiger partial charge >= 0.3 is 24.2 Å². The lowest BCUT2D eigenvalue weighted by molar-refractivity contribution is -0.220. The lowest BCUT2D eigenvalue weighted by atomic mass is 9.88. The molecule has 2 saturated heterocycles. The molecule has 10 atom stereocenters. The molecular weight excluding hydrogens is 749 g/mol. The van der Waals surface area contributed by atoms with Crippen LogP contribution in [-0.2, 0) is 28.5 Å². The molecule has 0 unspecified atom stereocenters. The molecule has 1 saturated carbocycles. The molecule has 1 amide bonds. The molecule has 3 aliphatic heterocycles. The molecule has 3 fully saturated rings. The summed E-state index contributed by atoms with van der Waals surface area (Å²) in [6.07, 6.45) is 3.74. The molecular formula is C42H65F3N2O10. The normalized spacial score (nSPS) is 32.6. The number of carbonyl (C=O) groups is 3. The number of hydrogen-bond acceptors (Lipinski definition) is 11. The fourth-order valence-electron chi connectivity index (χ4n) is 8.25. The number of aliphatic hydroxyl groups is 3. The molecule has 0 aromatic carbocycles. The first-order chi connectivity index (χ1) is 26.7. The molecule has 4 rings (SSSR count). The van der Waals surface area contributed by atoms with Crippen LogP contribution in [0.4, 0.5) is 18.0 Å². The van der Waals surface area contributed by atoms with Gasteiger partial charge in [0, 0.05) is 50.5 Å². The summed E-state index contributed by atoms with van der Waals surface area (Å²) in [6, 6.07) is 0.446. The van der Waals surface area contributed by atoms with E-state index >= 15 is 0 Å². The number of alkyl halides is 3. The van der Waals surface area contributed by atoms with Crippen molar-refractivity contribution in [1.29, 1.82) is 0 Å². The molecule has 0 aromatic rings. The molecule has 324 valence electrons. The smallest absolute Gasteiger partial charge is 0.457 e. The molecule has 0 radical (unpaired) electrons. The number of esters is 2. The van der Waals surface area contributed by atoms with E-state index in [9.17, 15) is 42.9 Å². The van der Waals surface area contributed by atoms with E-state index in [-0.39, 0.29) is 31.0 Å². The first kappa shape index (κ1) is 46.7. The van der Waals surface area contributed by atoms with Crippen LogP contribution in [-0.4, -0.2) is 129 Å². The van der Waals surface area contributed by atoms with Crippen molar-refractivity contribution < 1.29 is 61.8 Å². The summed E-state index contributed by atoms with van der Waals surface area (Å²) in [7, 11) is 0. The SMILES string of the molecule is CC[C@H](O)[C@@H](C)[C@H]1O[C@@H]1C[C@@](C)(O)C=CC=C(C)[C@H]1OC(=O)C[C@H](O)CC[C@@](C)(OC(=O)C(F)(F)F)[C@@H](OC(=O)N2CCN(C3CCCCCC3)CC2)C=C[C@@H]1C. The van der Waals surface area contributed by atoms with Crippen molar-refractivity contribution >= 4 is 18.0 Å². The standard InChI is InChI=1S/C42H65F3N2O10/c1-7-32(49)29(4)37-33(54-37)26-40(5,53)19-12-13-27(2)36-28(3)16-17-34(41(6,57-38(51)42(43,44)45)20-18-31(48)25-35(50)56-36)55-39(52)47-23-21-46(22-24-47)30-14-10-8-9-11-15-30/h12-13,16-17,19,28-34,36-37,48-49,53H,7-11,14-15,18,20-26H2,1-6H3/t28-,29+,31+,32-,33+,34-,36+,37+,40-,41+/m0/s1. The van der Waals surface area contributed by atoms with E-state index in [0.717, 1.165) is 12.8 Å². The van der Waals surface area contributed by atoms with Gasteiger partial charge in [0.2, 0.25) is 0 Å². The zero-order valence-corrected chi connectivity index (χ0v) is 34.4. The van der Waals surface area contributed by atoms with Gasteiger partial charge in [-0.3, -0.25) is 9.69 Å². The summed E-state index contributed by atoms with van der Waals surface area (Å²) in [5.74, 6) is -3.94. The number of carbonyl (C=O) groups excluding carboxylic acids is 3. The molecule has 3 N–H and O–H groups in total. The van der Waals surface area contributed by atoms with Gasteiger partial charge in [0.1, 0.15) is 6.10 Å². The summed E-state index contributed by atoms with van der Waals surface area (Å²) in [4.78, 5) is 42.9. The fourth-order valence-corrected chi connectivity index (χ4v) is 8.25. The maximum absolute atomic E-state index is 13.7. The van der Waals surface area contributed by atoms with Crippen LogP contribution in [0, 0.1) is 11.8 Å². The number of cyclic esters (lactones) is 1. The third-order valence-electron chi connectivity index (χ3n) is 12.0. The number of ether oxygens (including phenoxy) is 4. The predicted octanol–water partition coefficient (Wildman–Crippen LogP) is 6.16. The summed E-state index contributed by atoms with van der Waals surface area (Å²) in [6.45, 7) is 12.1. The summed E-state index contributed by atoms with van der Waals surface area (Å²) in [5.41, 5.74) is -2.79. The number of aliphatic hydroxyl groups excluding tert-OH is 2. The zero-order chi connectivity index (χ0) is 42.1. The van der Waals surface area contributed by atoms with Crippen LogP contribution >= 0.6 is 0 Å². The van der Waals surface area contributed by atoms with Gasteiger partial charge in [-0.05, 0) is 64.5 Å². The van der Waals surface area contributed by atoms with E-state index in [0.29, 0.717) is 50.6 Å². The highest BCUT2D eigenvalue weighted by molar-refractivity contribution is 5.76. The number of allylic oxidation sites excluding steroid dienone is 2. The van der Waals surface area contributed by atoms with Crippen LogP contribution in [0.3, 0.4) is 0 Å². The number of halogens is 3. The van der Waals surface area contributed by atoms with E-state index in [1.165, 1.54) is 43.6 Å².